The van der Waals surface area contributed by atoms with Crippen LogP contribution in [0.3, 0.4) is 0 Å². The fourth-order valence-electron chi connectivity index (χ4n) is 4.04. The van der Waals surface area contributed by atoms with Crippen molar-refractivity contribution in [2.24, 2.45) is 0 Å². The normalized spacial score (nSPS) is 21.7. The first-order valence-electron chi connectivity index (χ1n) is 10.3. The van der Waals surface area contributed by atoms with Gasteiger partial charge in [-0.25, -0.2) is 23.3 Å². The average molecular weight is 414 g/mol. The number of hydrogen-bond donors (Lipinski definition) is 2. The van der Waals surface area contributed by atoms with E-state index < -0.39 is 11.6 Å². The van der Waals surface area contributed by atoms with Crippen LogP contribution < -0.4 is 15.4 Å². The van der Waals surface area contributed by atoms with Crippen molar-refractivity contribution in [2.75, 3.05) is 19.0 Å². The molecule has 7 nitrogen and oxygen atoms in total. The highest BCUT2D eigenvalue weighted by atomic mass is 19.1. The van der Waals surface area contributed by atoms with Crippen LogP contribution >= 0.6 is 0 Å². The predicted molar refractivity (Wildman–Crippen MR) is 109 cm³/mol. The first kappa shape index (κ1) is 19.2. The first-order valence-corrected chi connectivity index (χ1v) is 10.3. The number of rotatable bonds is 5. The fraction of sp³-hybridized carbons (Fsp3) is 0.476. The molecular weight excluding hydrogens is 390 g/mol. The van der Waals surface area contributed by atoms with Crippen LogP contribution in [-0.2, 0) is 0 Å². The second kappa shape index (κ2) is 7.46. The minimum absolute atomic E-state index is 0.0160. The molecule has 3 aromatic heterocycles. The lowest BCUT2D eigenvalue weighted by Gasteiger charge is -2.31. The molecule has 0 amide bonds. The summed E-state index contributed by atoms with van der Waals surface area (Å²) in [7, 11) is 1.60. The van der Waals surface area contributed by atoms with E-state index in [1.165, 1.54) is 6.20 Å². The van der Waals surface area contributed by atoms with Gasteiger partial charge < -0.3 is 15.4 Å². The average Bonchev–Trinajstić information content (AvgIpc) is 3.51. The molecule has 1 unspecified atom stereocenters. The van der Waals surface area contributed by atoms with Gasteiger partial charge in [0.05, 0.1) is 13.3 Å². The summed E-state index contributed by atoms with van der Waals surface area (Å²) in [5.74, 6) is -0.409. The van der Waals surface area contributed by atoms with Gasteiger partial charge in [0.25, 0.3) is 0 Å². The van der Waals surface area contributed by atoms with Gasteiger partial charge >= 0.3 is 0 Å². The summed E-state index contributed by atoms with van der Waals surface area (Å²) >= 11 is 0. The summed E-state index contributed by atoms with van der Waals surface area (Å²) in [6, 6.07) is 2.85. The Morgan fingerprint density at radius 3 is 2.77 bits per heavy atom. The number of fused-ring (bicyclic) bond motifs is 1. The Labute approximate surface area is 172 Å². The third kappa shape index (κ3) is 3.36. The van der Waals surface area contributed by atoms with Gasteiger partial charge in [-0.05, 0) is 39.2 Å². The molecule has 1 aliphatic heterocycles. The third-order valence-electron chi connectivity index (χ3n) is 5.92. The second-order valence-corrected chi connectivity index (χ2v) is 8.07. The van der Waals surface area contributed by atoms with Crippen molar-refractivity contribution in [2.45, 2.75) is 50.6 Å². The molecule has 1 aliphatic carbocycles. The van der Waals surface area contributed by atoms with E-state index in [-0.39, 0.29) is 23.6 Å². The van der Waals surface area contributed by atoms with E-state index in [1.807, 2.05) is 6.92 Å². The zero-order valence-electron chi connectivity index (χ0n) is 17.0. The molecule has 2 N–H and O–H groups in total. The standard InChI is InChI=1S/C21H24F2N6O/c1-11-15(4-3-7-24-11)26-21-14(23)8-13(22)20(27-21)16-10-25-18-9-17(30-2)19(12-5-6-12)28-29(16)18/h8-12,15,24H,3-7H2,1-2H3,(H,26,27)/t11-,15?/m0/s1. The molecule has 2 fully saturated rings. The maximum atomic E-state index is 14.8. The molecule has 0 aromatic carbocycles. The monoisotopic (exact) mass is 414 g/mol. The summed E-state index contributed by atoms with van der Waals surface area (Å²) in [4.78, 5) is 8.64. The summed E-state index contributed by atoms with van der Waals surface area (Å²) in [6.45, 7) is 2.98. The van der Waals surface area contributed by atoms with Crippen LogP contribution in [0.1, 0.15) is 44.2 Å². The predicted octanol–water partition coefficient (Wildman–Crippen LogP) is 3.51. The highest BCUT2D eigenvalue weighted by Gasteiger charge is 2.30. The van der Waals surface area contributed by atoms with E-state index in [9.17, 15) is 8.78 Å². The molecule has 0 radical (unpaired) electrons. The Kier molecular flexibility index (Phi) is 4.77. The molecule has 0 bridgehead atoms. The number of halogens is 2. The van der Waals surface area contributed by atoms with Crippen LogP contribution in [0.5, 0.6) is 5.75 Å². The minimum atomic E-state index is -0.750. The lowest BCUT2D eigenvalue weighted by molar-refractivity contribution is 0.387. The van der Waals surface area contributed by atoms with Crippen LogP contribution in [0.4, 0.5) is 14.6 Å². The zero-order chi connectivity index (χ0) is 20.8. The van der Waals surface area contributed by atoms with Crippen LogP contribution in [-0.4, -0.2) is 45.3 Å². The summed E-state index contributed by atoms with van der Waals surface area (Å²) in [6.07, 6.45) is 5.48. The molecule has 0 spiro atoms. The SMILES string of the molecule is COc1cc2ncc(-c3nc(NC4CCCN[C@H]4C)c(F)cc3F)n2nc1C1CC1. The summed E-state index contributed by atoms with van der Waals surface area (Å²) in [5.41, 5.74) is 1.75. The van der Waals surface area contributed by atoms with E-state index in [4.69, 9.17) is 4.74 Å². The topological polar surface area (TPSA) is 76.4 Å². The molecule has 5 rings (SSSR count). The van der Waals surface area contributed by atoms with Crippen molar-refractivity contribution in [3.05, 3.63) is 35.7 Å². The van der Waals surface area contributed by atoms with Gasteiger partial charge in [0.15, 0.2) is 23.1 Å². The Balaban J connectivity index is 1.56. The van der Waals surface area contributed by atoms with Crippen molar-refractivity contribution in [1.29, 1.82) is 0 Å². The maximum absolute atomic E-state index is 14.8. The number of nitrogens with zero attached hydrogens (tertiary/aromatic N) is 4. The Morgan fingerprint density at radius 2 is 2.03 bits per heavy atom. The van der Waals surface area contributed by atoms with E-state index in [1.54, 1.807) is 17.7 Å². The lowest BCUT2D eigenvalue weighted by atomic mass is 10.00. The molecule has 2 aliphatic rings. The molecule has 30 heavy (non-hydrogen) atoms. The fourth-order valence-corrected chi connectivity index (χ4v) is 4.04. The zero-order valence-corrected chi connectivity index (χ0v) is 17.0. The van der Waals surface area contributed by atoms with Gasteiger partial charge in [-0.1, -0.05) is 0 Å². The number of pyridine rings is 1. The second-order valence-electron chi connectivity index (χ2n) is 8.07. The smallest absolute Gasteiger partial charge is 0.168 e. The van der Waals surface area contributed by atoms with Gasteiger partial charge in [-0.15, -0.1) is 0 Å². The molecular formula is C21H24F2N6O. The molecule has 3 aromatic rings. The molecule has 9 heteroatoms. The minimum Gasteiger partial charge on any atom is -0.495 e. The highest BCUT2D eigenvalue weighted by molar-refractivity contribution is 5.63. The Hall–Kier alpha value is -2.81. The number of hydrogen-bond acceptors (Lipinski definition) is 6. The number of imidazole rings is 1. The lowest BCUT2D eigenvalue weighted by Crippen LogP contribution is -2.46. The van der Waals surface area contributed by atoms with Gasteiger partial charge in [0, 0.05) is 30.1 Å². The van der Waals surface area contributed by atoms with Crippen LogP contribution in [0.2, 0.25) is 0 Å². The quantitative estimate of drug-likeness (QED) is 0.666. The Bertz CT molecular complexity index is 1100. The summed E-state index contributed by atoms with van der Waals surface area (Å²) < 4.78 is 36.3. The van der Waals surface area contributed by atoms with Gasteiger partial charge in [-0.2, -0.15) is 5.10 Å². The van der Waals surface area contributed by atoms with Crippen molar-refractivity contribution in [1.82, 2.24) is 24.9 Å². The highest BCUT2D eigenvalue weighted by Crippen LogP contribution is 2.43. The molecule has 4 heterocycles. The maximum Gasteiger partial charge on any atom is 0.168 e. The summed E-state index contributed by atoms with van der Waals surface area (Å²) in [5, 5.41) is 11.2. The van der Waals surface area contributed by atoms with Crippen molar-refractivity contribution >= 4 is 11.5 Å². The van der Waals surface area contributed by atoms with Crippen molar-refractivity contribution < 1.29 is 13.5 Å². The van der Waals surface area contributed by atoms with Gasteiger partial charge in [-0.3, -0.25) is 0 Å². The first-order chi connectivity index (χ1) is 14.5. The van der Waals surface area contributed by atoms with Crippen LogP contribution in [0.25, 0.3) is 17.0 Å². The van der Waals surface area contributed by atoms with Crippen molar-refractivity contribution in [3.8, 4) is 17.1 Å². The number of anilines is 1. The van der Waals surface area contributed by atoms with Crippen LogP contribution in [0, 0.1) is 11.6 Å². The molecule has 2 atom stereocenters. The largest absolute Gasteiger partial charge is 0.495 e. The van der Waals surface area contributed by atoms with E-state index >= 15 is 0 Å². The van der Waals surface area contributed by atoms with Crippen LogP contribution in [0.15, 0.2) is 18.3 Å². The number of ether oxygens (including phenoxy) is 1. The van der Waals surface area contributed by atoms with E-state index in [0.29, 0.717) is 23.0 Å². The number of nitrogens with one attached hydrogen (secondary N) is 2. The van der Waals surface area contributed by atoms with E-state index in [0.717, 1.165) is 44.0 Å². The van der Waals surface area contributed by atoms with Crippen molar-refractivity contribution in [3.63, 3.8) is 0 Å². The van der Waals surface area contributed by atoms with Gasteiger partial charge in [0.2, 0.25) is 0 Å². The molecule has 1 saturated carbocycles. The number of piperidine rings is 1. The molecule has 1 saturated heterocycles. The number of aromatic nitrogens is 4. The third-order valence-corrected chi connectivity index (χ3v) is 5.92. The van der Waals surface area contributed by atoms with Gasteiger partial charge in [0.1, 0.15) is 22.8 Å². The number of methoxy groups -OCH3 is 1. The molecule has 158 valence electrons. The van der Waals surface area contributed by atoms with E-state index in [2.05, 4.69) is 25.7 Å². The Morgan fingerprint density at radius 1 is 1.20 bits per heavy atom.